The van der Waals surface area contributed by atoms with Crippen LogP contribution in [0.2, 0.25) is 0 Å². The average molecular weight is 193 g/mol. The lowest BCUT2D eigenvalue weighted by molar-refractivity contribution is 0.504. The summed E-state index contributed by atoms with van der Waals surface area (Å²) in [4.78, 5) is 3.95. The molecule has 3 rings (SSSR count). The Balaban J connectivity index is 0.000000213. The second-order valence-corrected chi connectivity index (χ2v) is 3.53. The molecule has 0 aromatic heterocycles. The van der Waals surface area contributed by atoms with E-state index in [0.29, 0.717) is 0 Å². The van der Waals surface area contributed by atoms with Crippen LogP contribution in [0.4, 0.5) is 0 Å². The van der Waals surface area contributed by atoms with E-state index in [4.69, 9.17) is 0 Å². The molecule has 1 fully saturated rings. The summed E-state index contributed by atoms with van der Waals surface area (Å²) in [5.41, 5.74) is 2.35. The average Bonchev–Trinajstić information content (AvgIpc) is 2.92. The van der Waals surface area contributed by atoms with E-state index in [9.17, 15) is 0 Å². The minimum absolute atomic E-state index is 0. The van der Waals surface area contributed by atoms with E-state index >= 15 is 0 Å². The van der Waals surface area contributed by atoms with Gasteiger partial charge in [0.05, 0.1) is 11.4 Å². The van der Waals surface area contributed by atoms with Gasteiger partial charge in [-0.05, 0) is 12.1 Å². The second-order valence-electron chi connectivity index (χ2n) is 3.53. The zero-order valence-electron chi connectivity index (χ0n) is 9.42. The van der Waals surface area contributed by atoms with E-state index in [0.717, 1.165) is 0 Å². The number of aromatic nitrogens is 1. The summed E-state index contributed by atoms with van der Waals surface area (Å²) in [6.07, 6.45) is 9.00. The molecule has 1 heteroatoms. The molecular formula is C13H23N. The Labute approximate surface area is 89.1 Å². The molecule has 0 N–H and O–H groups in total. The van der Waals surface area contributed by atoms with Gasteiger partial charge >= 0.3 is 0 Å². The van der Waals surface area contributed by atoms with E-state index < -0.39 is 0 Å². The van der Waals surface area contributed by atoms with Crippen molar-refractivity contribution in [2.75, 3.05) is 0 Å². The van der Waals surface area contributed by atoms with Crippen molar-refractivity contribution in [2.24, 2.45) is 0 Å². The summed E-state index contributed by atoms with van der Waals surface area (Å²) in [5.74, 6) is 0. The fourth-order valence-corrected chi connectivity index (χ4v) is 1.64. The van der Waals surface area contributed by atoms with Crippen molar-refractivity contribution in [3.05, 3.63) is 18.2 Å². The lowest BCUT2D eigenvalue weighted by Gasteiger charge is -2.05. The van der Waals surface area contributed by atoms with Crippen LogP contribution in [0.15, 0.2) is 18.2 Å². The van der Waals surface area contributed by atoms with Crippen LogP contribution in [0.25, 0.3) is 11.4 Å². The Kier molecular flexibility index (Phi) is 5.28. The lowest BCUT2D eigenvalue weighted by atomic mass is 10.0. The Morgan fingerprint density at radius 3 is 1.36 bits per heavy atom. The van der Waals surface area contributed by atoms with Crippen molar-refractivity contribution in [2.45, 2.75) is 52.4 Å². The van der Waals surface area contributed by atoms with E-state index in [1.807, 2.05) is 32.0 Å². The molecule has 0 saturated heterocycles. The number of nitrogens with zero attached hydrogens (tertiary/aromatic N) is 1. The Morgan fingerprint density at radius 2 is 1.21 bits per heavy atom. The Hall–Kier alpha value is -0.850. The van der Waals surface area contributed by atoms with Crippen LogP contribution >= 0.6 is 0 Å². The summed E-state index contributed by atoms with van der Waals surface area (Å²) < 4.78 is 0. The topological polar surface area (TPSA) is 12.9 Å². The maximum atomic E-state index is 3.95. The molecule has 0 aromatic carbocycles. The van der Waals surface area contributed by atoms with Crippen molar-refractivity contribution >= 4 is 0 Å². The number of hydrogen-bond donors (Lipinski definition) is 0. The van der Waals surface area contributed by atoms with Crippen molar-refractivity contribution < 1.29 is 1.43 Å². The van der Waals surface area contributed by atoms with Gasteiger partial charge in [0.2, 0.25) is 0 Å². The number of hydrogen-bond acceptors (Lipinski definition) is 1. The predicted octanol–water partition coefficient (Wildman–Crippen LogP) is 4.67. The first kappa shape index (κ1) is 11.2. The molecular weight excluding hydrogens is 170 g/mol. The molecule has 0 amide bonds. The highest BCUT2D eigenvalue weighted by Crippen LogP contribution is 2.25. The van der Waals surface area contributed by atoms with Crippen LogP contribution in [0.5, 0.6) is 0 Å². The first-order valence-electron chi connectivity index (χ1n) is 5.94. The highest BCUT2D eigenvalue weighted by molar-refractivity contribution is 5.67. The van der Waals surface area contributed by atoms with Gasteiger partial charge in [0.25, 0.3) is 0 Å². The van der Waals surface area contributed by atoms with Gasteiger partial charge in [-0.25, -0.2) is 4.98 Å². The molecule has 14 heavy (non-hydrogen) atoms. The van der Waals surface area contributed by atoms with Gasteiger partial charge in [-0.2, -0.15) is 0 Å². The van der Waals surface area contributed by atoms with Crippen molar-refractivity contribution in [1.29, 1.82) is 0 Å². The monoisotopic (exact) mass is 193 g/mol. The predicted molar refractivity (Wildman–Crippen MR) is 64.4 cm³/mol. The highest BCUT2D eigenvalue weighted by Gasteiger charge is 2.10. The van der Waals surface area contributed by atoms with Crippen molar-refractivity contribution in [1.82, 2.24) is 4.98 Å². The van der Waals surface area contributed by atoms with Gasteiger partial charge < -0.3 is 0 Å². The molecule has 0 atom stereocenters. The maximum absolute atomic E-state index is 3.95. The SMILES string of the molecule is C1CCCCC1.CC.[HH].c1cc2nc-2c1. The molecule has 80 valence electrons. The number of pyridine rings is 1. The molecule has 0 bridgehead atoms. The van der Waals surface area contributed by atoms with Gasteiger partial charge in [0.1, 0.15) is 0 Å². The molecule has 0 radical (unpaired) electrons. The van der Waals surface area contributed by atoms with Crippen LogP contribution in [0.1, 0.15) is 53.8 Å². The summed E-state index contributed by atoms with van der Waals surface area (Å²) >= 11 is 0. The largest absolute Gasteiger partial charge is 0.245 e. The molecule has 2 aliphatic carbocycles. The summed E-state index contributed by atoms with van der Waals surface area (Å²) in [7, 11) is 0. The molecule has 1 aliphatic heterocycles. The molecule has 3 aliphatic rings. The third-order valence-corrected chi connectivity index (χ3v) is 2.46. The summed E-state index contributed by atoms with van der Waals surface area (Å²) in [6.45, 7) is 4.00. The van der Waals surface area contributed by atoms with Gasteiger partial charge in [-0.1, -0.05) is 58.4 Å². The van der Waals surface area contributed by atoms with Crippen LogP contribution in [-0.4, -0.2) is 4.98 Å². The van der Waals surface area contributed by atoms with Gasteiger partial charge in [-0.3, -0.25) is 0 Å². The van der Waals surface area contributed by atoms with Gasteiger partial charge in [-0.15, -0.1) is 0 Å². The molecule has 0 aromatic rings. The third-order valence-electron chi connectivity index (χ3n) is 2.46. The first-order chi connectivity index (χ1) is 6.97. The smallest absolute Gasteiger partial charge is 0.0894 e. The summed E-state index contributed by atoms with van der Waals surface area (Å²) in [6, 6.07) is 6.03. The van der Waals surface area contributed by atoms with Crippen LogP contribution in [-0.2, 0) is 0 Å². The summed E-state index contributed by atoms with van der Waals surface area (Å²) in [5, 5.41) is 0. The fraction of sp³-hybridized carbons (Fsp3) is 0.615. The normalized spacial score (nSPS) is 15.6. The van der Waals surface area contributed by atoms with E-state index in [1.165, 1.54) is 49.9 Å². The Bertz CT molecular complexity index is 228. The van der Waals surface area contributed by atoms with Crippen LogP contribution < -0.4 is 0 Å². The molecule has 1 nitrogen and oxygen atoms in total. The third kappa shape index (κ3) is 3.91. The molecule has 0 unspecified atom stereocenters. The standard InChI is InChI=1S/C6H12.C5H3N.C2H6.H2/c1-2-4-6-5-3-1;1-2-4-5(3-1)6-4;1-2;/h1-6H2;1-3H;1-2H3;1H. The van der Waals surface area contributed by atoms with E-state index in [2.05, 4.69) is 4.98 Å². The van der Waals surface area contributed by atoms with Crippen molar-refractivity contribution in [3.63, 3.8) is 0 Å². The van der Waals surface area contributed by atoms with E-state index in [-0.39, 0.29) is 1.43 Å². The number of rotatable bonds is 0. The fourth-order valence-electron chi connectivity index (χ4n) is 1.64. The van der Waals surface area contributed by atoms with Crippen LogP contribution in [0, 0.1) is 0 Å². The first-order valence-corrected chi connectivity index (χ1v) is 5.94. The highest BCUT2D eigenvalue weighted by atomic mass is 14.9. The quantitative estimate of drug-likeness (QED) is 0.592. The van der Waals surface area contributed by atoms with Crippen molar-refractivity contribution in [3.8, 4) is 11.4 Å². The molecule has 0 spiro atoms. The molecule has 1 saturated carbocycles. The van der Waals surface area contributed by atoms with E-state index in [1.54, 1.807) is 0 Å². The van der Waals surface area contributed by atoms with Gasteiger partial charge in [0.15, 0.2) is 0 Å². The Morgan fingerprint density at radius 1 is 0.857 bits per heavy atom. The second kappa shape index (κ2) is 6.58. The molecule has 1 heterocycles. The maximum Gasteiger partial charge on any atom is 0.0894 e. The van der Waals surface area contributed by atoms with Crippen LogP contribution in [0.3, 0.4) is 0 Å². The zero-order valence-corrected chi connectivity index (χ0v) is 9.42. The zero-order chi connectivity index (χ0) is 10.2. The lowest BCUT2D eigenvalue weighted by Crippen LogP contribution is -1.85. The van der Waals surface area contributed by atoms with Gasteiger partial charge in [0, 0.05) is 1.43 Å². The minimum Gasteiger partial charge on any atom is -0.245 e. The number of fused-ring (bicyclic) bond motifs is 1. The minimum atomic E-state index is 0.